The zero-order valence-electron chi connectivity index (χ0n) is 9.86. The van der Waals surface area contributed by atoms with Crippen molar-refractivity contribution >= 4 is 58.8 Å². The Balaban J connectivity index is -0.000000845. The fraction of sp³-hybridized carbons (Fsp3) is 0.750. The van der Waals surface area contributed by atoms with E-state index in [1.807, 2.05) is 0 Å². The summed E-state index contributed by atoms with van der Waals surface area (Å²) >= 11 is 18.0. The van der Waals surface area contributed by atoms with Crippen molar-refractivity contribution in [3.8, 4) is 0 Å². The molecule has 0 fully saturated rings. The maximum Gasteiger partial charge on any atom is 1.00 e. The van der Waals surface area contributed by atoms with Crippen LogP contribution in [-0.2, 0) is 25.3 Å². The minimum absolute atomic E-state index is 0. The van der Waals surface area contributed by atoms with Gasteiger partial charge >= 0.3 is 59.1 Å². The number of hydrogen-bond donors (Lipinski definition) is 2. The number of unbranched alkanes of at least 4 members (excludes halogenated alkanes) is 3. The predicted octanol–water partition coefficient (Wildman–Crippen LogP) is -4.19. The molecule has 0 rings (SSSR count). The molecule has 0 heterocycles. The van der Waals surface area contributed by atoms with Gasteiger partial charge in [0.05, 0.1) is 0 Å². The monoisotopic (exact) mass is 312 g/mol. The van der Waals surface area contributed by atoms with E-state index in [0.29, 0.717) is 8.70 Å². The maximum atomic E-state index is 4.76. The van der Waals surface area contributed by atoms with Crippen molar-refractivity contribution in [2.75, 3.05) is 13.1 Å². The van der Waals surface area contributed by atoms with Crippen molar-refractivity contribution in [3.05, 3.63) is 0 Å². The first-order valence-electron chi connectivity index (χ1n) is 4.48. The molecule has 0 unspecified atom stereocenters. The Labute approximate surface area is 164 Å². The van der Waals surface area contributed by atoms with Crippen LogP contribution < -0.4 is 64.4 Å². The largest absolute Gasteiger partial charge is 1.00 e. The molecule has 0 radical (unpaired) electrons. The van der Waals surface area contributed by atoms with Crippen molar-refractivity contribution in [3.63, 3.8) is 0 Å². The average molecular weight is 312 g/mol. The fourth-order valence-corrected chi connectivity index (χ4v) is 1.35. The molecule has 0 atom stereocenters. The number of nitrogens with zero attached hydrogens (tertiary/aromatic N) is 1. The molecule has 1 N–H and O–H groups in total. The van der Waals surface area contributed by atoms with E-state index in [1.54, 1.807) is 0 Å². The molecule has 2 nitrogen and oxygen atoms in total. The van der Waals surface area contributed by atoms with Crippen LogP contribution in [0.25, 0.3) is 0 Å². The molecular formula is C8H14N2Na2S4. The third-order valence-electron chi connectivity index (χ3n) is 1.60. The van der Waals surface area contributed by atoms with Gasteiger partial charge < -0.3 is 35.6 Å². The van der Waals surface area contributed by atoms with E-state index >= 15 is 0 Å². The number of nitrogens with one attached hydrogen (secondary N) is 1. The summed E-state index contributed by atoms with van der Waals surface area (Å²) in [5.74, 6) is 0. The van der Waals surface area contributed by atoms with Crippen molar-refractivity contribution in [2.24, 2.45) is 4.99 Å². The minimum Gasteiger partial charge on any atom is -0.789 e. The van der Waals surface area contributed by atoms with E-state index in [2.05, 4.69) is 48.2 Å². The number of thiol groups is 1. The van der Waals surface area contributed by atoms with Gasteiger partial charge in [0.1, 0.15) is 4.32 Å². The summed E-state index contributed by atoms with van der Waals surface area (Å²) < 4.78 is 0.906. The summed E-state index contributed by atoms with van der Waals surface area (Å²) in [6.45, 7) is 1.67. The van der Waals surface area contributed by atoms with E-state index in [4.69, 9.17) is 12.2 Å². The SMILES string of the molecule is S=C(S)NCCCCCCN=C([S-])[S-].[Na+].[Na+]. The van der Waals surface area contributed by atoms with Gasteiger partial charge in [0.15, 0.2) is 0 Å². The fourth-order valence-electron chi connectivity index (χ4n) is 0.956. The summed E-state index contributed by atoms with van der Waals surface area (Å²) in [4.78, 5) is 3.97. The summed E-state index contributed by atoms with van der Waals surface area (Å²) in [5, 5.41) is 2.99. The summed E-state index contributed by atoms with van der Waals surface area (Å²) in [5.41, 5.74) is 0. The standard InChI is InChI=1S/C8H16N2S4.2Na/c11-7(12)9-5-3-1-2-4-6-10-8(13)14;;/h1-6H2,(H2,9,11,12)(H2,10,13,14);;/q;2*+1/p-2. The van der Waals surface area contributed by atoms with Crippen LogP contribution in [0, 0.1) is 0 Å². The molecule has 0 aromatic rings. The number of aliphatic imine (C=N–C) groups is 1. The first-order chi connectivity index (χ1) is 6.63. The quantitative estimate of drug-likeness (QED) is 0.0947. The molecule has 0 saturated heterocycles. The second-order valence-corrected chi connectivity index (χ2v) is 4.98. The van der Waals surface area contributed by atoms with Crippen LogP contribution >= 0.6 is 24.8 Å². The van der Waals surface area contributed by atoms with Gasteiger partial charge in [0.25, 0.3) is 0 Å². The Morgan fingerprint density at radius 3 is 2.19 bits per heavy atom. The number of hydrogen-bond acceptors (Lipinski definition) is 4. The first kappa shape index (κ1) is 23.4. The Morgan fingerprint density at radius 1 is 1.12 bits per heavy atom. The summed E-state index contributed by atoms with van der Waals surface area (Å²) in [6.07, 6.45) is 4.49. The van der Waals surface area contributed by atoms with E-state index in [1.165, 1.54) is 6.42 Å². The third-order valence-corrected chi connectivity index (χ3v) is 2.16. The van der Waals surface area contributed by atoms with Gasteiger partial charge in [-0.3, -0.25) is 0 Å². The first-order valence-corrected chi connectivity index (χ1v) is 6.15. The molecule has 8 heteroatoms. The molecule has 0 aliphatic rings. The van der Waals surface area contributed by atoms with Gasteiger partial charge in [-0.2, -0.15) is 0 Å². The number of rotatable bonds is 7. The maximum absolute atomic E-state index is 4.76. The zero-order valence-corrected chi connectivity index (χ0v) is 17.2. The van der Waals surface area contributed by atoms with Crippen LogP contribution in [0.4, 0.5) is 0 Å². The second kappa shape index (κ2) is 17.4. The molecule has 0 aliphatic heterocycles. The molecule has 0 aromatic carbocycles. The van der Waals surface area contributed by atoms with E-state index in [-0.39, 0.29) is 59.1 Å². The van der Waals surface area contributed by atoms with Crippen LogP contribution in [0.5, 0.6) is 0 Å². The normalized spacial score (nSPS) is 8.31. The molecule has 0 amide bonds. The predicted molar refractivity (Wildman–Crippen MR) is 75.1 cm³/mol. The zero-order chi connectivity index (χ0) is 10.8. The van der Waals surface area contributed by atoms with E-state index in [0.717, 1.165) is 32.4 Å². The van der Waals surface area contributed by atoms with Gasteiger partial charge in [-0.05, 0) is 12.8 Å². The van der Waals surface area contributed by atoms with Crippen LogP contribution in [0.1, 0.15) is 25.7 Å². The van der Waals surface area contributed by atoms with Gasteiger partial charge in [-0.25, -0.2) is 4.38 Å². The summed E-state index contributed by atoms with van der Waals surface area (Å²) in [7, 11) is 0. The molecule has 0 bridgehead atoms. The van der Waals surface area contributed by atoms with Crippen LogP contribution in [-0.4, -0.2) is 21.8 Å². The van der Waals surface area contributed by atoms with Gasteiger partial charge in [0.2, 0.25) is 0 Å². The van der Waals surface area contributed by atoms with Crippen molar-refractivity contribution in [1.29, 1.82) is 0 Å². The Kier molecular flexibility index (Phi) is 25.4. The summed E-state index contributed by atoms with van der Waals surface area (Å²) in [6, 6.07) is 0. The third kappa shape index (κ3) is 21.6. The number of thiocarbonyl (C=S) groups is 1. The van der Waals surface area contributed by atoms with Crippen molar-refractivity contribution in [2.45, 2.75) is 25.7 Å². The molecule has 0 spiro atoms. The minimum atomic E-state index is 0. The molecular weight excluding hydrogens is 298 g/mol. The topological polar surface area (TPSA) is 24.4 Å². The molecule has 0 aromatic heterocycles. The Hall–Kier alpha value is 2.35. The van der Waals surface area contributed by atoms with E-state index in [9.17, 15) is 0 Å². The molecule has 0 saturated carbocycles. The van der Waals surface area contributed by atoms with E-state index < -0.39 is 0 Å². The molecule has 16 heavy (non-hydrogen) atoms. The van der Waals surface area contributed by atoms with Crippen LogP contribution in [0.2, 0.25) is 0 Å². The van der Waals surface area contributed by atoms with Crippen LogP contribution in [0.3, 0.4) is 0 Å². The van der Waals surface area contributed by atoms with Gasteiger partial charge in [-0.15, -0.1) is 12.6 Å². The van der Waals surface area contributed by atoms with Crippen molar-refractivity contribution in [1.82, 2.24) is 5.32 Å². The molecule has 0 aliphatic carbocycles. The van der Waals surface area contributed by atoms with Gasteiger partial charge in [-0.1, -0.05) is 25.1 Å². The average Bonchev–Trinajstić information content (AvgIpc) is 2.08. The van der Waals surface area contributed by atoms with Crippen LogP contribution in [0.15, 0.2) is 4.99 Å². The van der Waals surface area contributed by atoms with Gasteiger partial charge in [0, 0.05) is 13.1 Å². The molecule has 82 valence electrons. The Morgan fingerprint density at radius 2 is 1.69 bits per heavy atom. The Bertz CT molecular complexity index is 198. The van der Waals surface area contributed by atoms with Crippen molar-refractivity contribution < 1.29 is 59.1 Å². The smallest absolute Gasteiger partial charge is 0.789 e. The second-order valence-electron chi connectivity index (χ2n) is 2.79.